The van der Waals surface area contributed by atoms with Crippen LogP contribution < -0.4 is 14.8 Å². The summed E-state index contributed by atoms with van der Waals surface area (Å²) in [5, 5.41) is 12.2. The Morgan fingerprint density at radius 2 is 1.88 bits per heavy atom. The second-order valence-corrected chi connectivity index (χ2v) is 7.37. The van der Waals surface area contributed by atoms with E-state index in [2.05, 4.69) is 21.2 Å². The van der Waals surface area contributed by atoms with Crippen LogP contribution in [0.5, 0.6) is 11.5 Å². The van der Waals surface area contributed by atoms with E-state index >= 15 is 0 Å². The molecule has 32 heavy (non-hydrogen) atoms. The zero-order chi connectivity index (χ0) is 23.3. The number of nitrogens with one attached hydrogen (secondary N) is 1. The zero-order valence-electron chi connectivity index (χ0n) is 18.0. The zero-order valence-corrected chi connectivity index (χ0v) is 19.6. The summed E-state index contributed by atoms with van der Waals surface area (Å²) in [5.74, 6) is -0.244. The first-order valence-corrected chi connectivity index (χ1v) is 11.0. The van der Waals surface area contributed by atoms with Crippen LogP contribution in [0.25, 0.3) is 6.08 Å². The molecular formula is C24H25BrN2O5. The van der Waals surface area contributed by atoms with Crippen LogP contribution in [0.1, 0.15) is 25.0 Å². The van der Waals surface area contributed by atoms with E-state index < -0.39 is 11.9 Å². The van der Waals surface area contributed by atoms with Gasteiger partial charge in [0.2, 0.25) is 0 Å². The average Bonchev–Trinajstić information content (AvgIpc) is 2.78. The van der Waals surface area contributed by atoms with Crippen molar-refractivity contribution in [2.45, 2.75) is 20.3 Å². The Labute approximate surface area is 196 Å². The second kappa shape index (κ2) is 13.2. The topological polar surface area (TPSA) is 97.7 Å². The van der Waals surface area contributed by atoms with Crippen LogP contribution >= 0.6 is 15.9 Å². The van der Waals surface area contributed by atoms with Gasteiger partial charge in [0, 0.05) is 6.54 Å². The van der Waals surface area contributed by atoms with E-state index in [-0.39, 0.29) is 18.8 Å². The molecule has 168 valence electrons. The van der Waals surface area contributed by atoms with E-state index in [9.17, 15) is 14.9 Å². The Balaban J connectivity index is 2.14. The summed E-state index contributed by atoms with van der Waals surface area (Å²) >= 11 is 3.40. The van der Waals surface area contributed by atoms with Crippen molar-refractivity contribution in [3.63, 3.8) is 0 Å². The molecule has 0 aliphatic rings. The van der Waals surface area contributed by atoms with Gasteiger partial charge in [0.05, 0.1) is 17.7 Å². The van der Waals surface area contributed by atoms with Gasteiger partial charge in [-0.25, -0.2) is 4.79 Å². The lowest BCUT2D eigenvalue weighted by atomic mass is 10.1. The lowest BCUT2D eigenvalue weighted by Crippen LogP contribution is -2.26. The van der Waals surface area contributed by atoms with Crippen LogP contribution in [0.2, 0.25) is 0 Å². The summed E-state index contributed by atoms with van der Waals surface area (Å²) in [4.78, 5) is 24.1. The first-order chi connectivity index (χ1) is 15.5. The van der Waals surface area contributed by atoms with Gasteiger partial charge in [-0.2, -0.15) is 5.26 Å². The Morgan fingerprint density at radius 1 is 1.12 bits per heavy atom. The summed E-state index contributed by atoms with van der Waals surface area (Å²) < 4.78 is 16.6. The molecule has 2 rings (SSSR count). The van der Waals surface area contributed by atoms with Crippen molar-refractivity contribution in [2.75, 3.05) is 26.4 Å². The van der Waals surface area contributed by atoms with Gasteiger partial charge in [0.1, 0.15) is 11.6 Å². The van der Waals surface area contributed by atoms with Gasteiger partial charge >= 0.3 is 5.97 Å². The highest BCUT2D eigenvalue weighted by atomic mass is 79.9. The maximum atomic E-state index is 12.4. The molecule has 0 atom stereocenters. The van der Waals surface area contributed by atoms with Crippen molar-refractivity contribution >= 4 is 33.9 Å². The predicted molar refractivity (Wildman–Crippen MR) is 124 cm³/mol. The molecule has 2 aromatic rings. The monoisotopic (exact) mass is 500 g/mol. The minimum absolute atomic E-state index is 0.0346. The van der Waals surface area contributed by atoms with Crippen LogP contribution in [0.15, 0.2) is 52.5 Å². The number of benzene rings is 2. The number of nitriles is 1. The van der Waals surface area contributed by atoms with Gasteiger partial charge in [-0.3, -0.25) is 4.79 Å². The van der Waals surface area contributed by atoms with Crippen molar-refractivity contribution in [3.8, 4) is 17.6 Å². The number of carbonyl (C=O) groups excluding carboxylic acids is 2. The lowest BCUT2D eigenvalue weighted by molar-refractivity contribution is -0.145. The molecule has 2 aromatic carbocycles. The van der Waals surface area contributed by atoms with Gasteiger partial charge in [-0.05, 0) is 65.5 Å². The summed E-state index contributed by atoms with van der Waals surface area (Å²) in [6.07, 6.45) is 2.14. The standard InChI is InChI=1S/C24H25BrN2O5/c1-3-30-21-14-18(13-20(25)23(21)32-16-22(28)31-4-2)12-19(15-26)24(29)27-11-10-17-8-6-5-7-9-17/h5-9,12-14H,3-4,10-11,16H2,1-2H3,(H,27,29)/b19-12+. The van der Waals surface area contributed by atoms with Crippen LogP contribution in [0.3, 0.4) is 0 Å². The summed E-state index contributed by atoms with van der Waals surface area (Å²) in [6.45, 7) is 4.29. The fourth-order valence-corrected chi connectivity index (χ4v) is 3.36. The number of carbonyl (C=O) groups is 2. The maximum Gasteiger partial charge on any atom is 0.344 e. The highest BCUT2D eigenvalue weighted by Crippen LogP contribution is 2.37. The fraction of sp³-hybridized carbons (Fsp3) is 0.292. The van der Waals surface area contributed by atoms with E-state index in [1.54, 1.807) is 19.1 Å². The minimum Gasteiger partial charge on any atom is -0.490 e. The Morgan fingerprint density at radius 3 is 2.53 bits per heavy atom. The molecule has 0 saturated carbocycles. The number of ether oxygens (including phenoxy) is 3. The average molecular weight is 501 g/mol. The third kappa shape index (κ3) is 7.75. The highest BCUT2D eigenvalue weighted by molar-refractivity contribution is 9.10. The van der Waals surface area contributed by atoms with E-state index in [0.29, 0.717) is 41.1 Å². The van der Waals surface area contributed by atoms with E-state index in [0.717, 1.165) is 5.56 Å². The van der Waals surface area contributed by atoms with E-state index in [4.69, 9.17) is 14.2 Å². The van der Waals surface area contributed by atoms with Crippen LogP contribution in [0.4, 0.5) is 0 Å². The molecule has 7 nitrogen and oxygen atoms in total. The molecule has 1 amide bonds. The van der Waals surface area contributed by atoms with Gasteiger partial charge in [0.15, 0.2) is 18.1 Å². The van der Waals surface area contributed by atoms with Gasteiger partial charge < -0.3 is 19.5 Å². The van der Waals surface area contributed by atoms with Gasteiger partial charge in [-0.1, -0.05) is 30.3 Å². The molecule has 0 aliphatic heterocycles. The molecule has 0 fully saturated rings. The van der Waals surface area contributed by atoms with E-state index in [1.165, 1.54) is 6.08 Å². The molecule has 0 unspecified atom stereocenters. The SMILES string of the molecule is CCOC(=O)COc1c(Br)cc(/C=C(\C#N)C(=O)NCCc2ccccc2)cc1OCC. The molecule has 8 heteroatoms. The fourth-order valence-electron chi connectivity index (χ4n) is 2.78. The van der Waals surface area contributed by atoms with Crippen LogP contribution in [0, 0.1) is 11.3 Å². The normalized spacial score (nSPS) is 10.8. The Kier molecular flexibility index (Phi) is 10.3. The Hall–Kier alpha value is -3.31. The molecule has 0 bridgehead atoms. The summed E-state index contributed by atoms with van der Waals surface area (Å²) in [7, 11) is 0. The largest absolute Gasteiger partial charge is 0.490 e. The van der Waals surface area contributed by atoms with Crippen molar-refractivity contribution < 1.29 is 23.8 Å². The number of nitrogens with zero attached hydrogens (tertiary/aromatic N) is 1. The van der Waals surface area contributed by atoms with Crippen LogP contribution in [-0.4, -0.2) is 38.2 Å². The van der Waals surface area contributed by atoms with Crippen molar-refractivity contribution in [1.82, 2.24) is 5.32 Å². The van der Waals surface area contributed by atoms with E-state index in [1.807, 2.05) is 43.3 Å². The number of hydrogen-bond acceptors (Lipinski definition) is 6. The third-order valence-electron chi connectivity index (χ3n) is 4.19. The lowest BCUT2D eigenvalue weighted by Gasteiger charge is -2.14. The minimum atomic E-state index is -0.496. The Bertz CT molecular complexity index is 999. The molecule has 1 N–H and O–H groups in total. The number of hydrogen-bond donors (Lipinski definition) is 1. The van der Waals surface area contributed by atoms with Crippen molar-refractivity contribution in [3.05, 3.63) is 63.6 Å². The predicted octanol–water partition coefficient (Wildman–Crippen LogP) is 4.06. The van der Waals surface area contributed by atoms with Gasteiger partial charge in [0.25, 0.3) is 5.91 Å². The summed E-state index contributed by atoms with van der Waals surface area (Å²) in [6, 6.07) is 15.0. The number of halogens is 1. The second-order valence-electron chi connectivity index (χ2n) is 6.52. The molecule has 0 aliphatic carbocycles. The van der Waals surface area contributed by atoms with Crippen molar-refractivity contribution in [1.29, 1.82) is 5.26 Å². The quantitative estimate of drug-likeness (QED) is 0.284. The molecule has 0 spiro atoms. The molecule has 0 saturated heterocycles. The molecular weight excluding hydrogens is 476 g/mol. The number of rotatable bonds is 11. The molecule has 0 aromatic heterocycles. The summed E-state index contributed by atoms with van der Waals surface area (Å²) in [5.41, 5.74) is 1.63. The first-order valence-electron chi connectivity index (χ1n) is 10.2. The number of amides is 1. The first kappa shape index (κ1) is 25.0. The van der Waals surface area contributed by atoms with Crippen molar-refractivity contribution in [2.24, 2.45) is 0 Å². The smallest absolute Gasteiger partial charge is 0.344 e. The maximum absolute atomic E-state index is 12.4. The highest BCUT2D eigenvalue weighted by Gasteiger charge is 2.15. The molecule has 0 radical (unpaired) electrons. The van der Waals surface area contributed by atoms with Gasteiger partial charge in [-0.15, -0.1) is 0 Å². The third-order valence-corrected chi connectivity index (χ3v) is 4.78. The number of esters is 1. The molecule has 0 heterocycles. The van der Waals surface area contributed by atoms with Crippen LogP contribution in [-0.2, 0) is 20.7 Å².